The van der Waals surface area contributed by atoms with Gasteiger partial charge in [-0.3, -0.25) is 0 Å². The largest absolute Gasteiger partial charge is 0.467 e. The number of fused-ring (bicyclic) bond motifs is 1. The zero-order chi connectivity index (χ0) is 14.5. The van der Waals surface area contributed by atoms with Crippen molar-refractivity contribution in [1.29, 1.82) is 0 Å². The Labute approximate surface area is 121 Å². The first-order valence-corrected chi connectivity index (χ1v) is 7.01. The number of hydrogen-bond acceptors (Lipinski definition) is 2. The highest BCUT2D eigenvalue weighted by molar-refractivity contribution is 6.44. The first kappa shape index (κ1) is 14.6. The van der Waals surface area contributed by atoms with Crippen molar-refractivity contribution in [3.63, 3.8) is 0 Å². The maximum absolute atomic E-state index is 5.84. The third-order valence-corrected chi connectivity index (χ3v) is 3.41. The van der Waals surface area contributed by atoms with Gasteiger partial charge in [-0.15, -0.1) is 0 Å². The first-order valence-electron chi connectivity index (χ1n) is 7.01. The summed E-state index contributed by atoms with van der Waals surface area (Å²) in [6, 6.07) is 6.33. The minimum Gasteiger partial charge on any atom is -0.467 e. The lowest BCUT2D eigenvalue weighted by atomic mass is 9.40. The fraction of sp³-hybridized carbons (Fsp3) is 0.455. The van der Waals surface area contributed by atoms with Crippen LogP contribution in [0.15, 0.2) is 18.2 Å². The van der Waals surface area contributed by atoms with E-state index in [0.717, 1.165) is 17.9 Å². The van der Waals surface area contributed by atoms with E-state index in [1.165, 1.54) is 5.56 Å². The van der Waals surface area contributed by atoms with Gasteiger partial charge in [-0.25, -0.2) is 0 Å². The summed E-state index contributed by atoms with van der Waals surface area (Å²) in [5.74, 6) is 1.71. The van der Waals surface area contributed by atoms with Gasteiger partial charge in [0, 0.05) is 0 Å². The Balaban J connectivity index is 2.29. The van der Waals surface area contributed by atoms with Crippen molar-refractivity contribution in [3.05, 3.63) is 23.8 Å². The second-order valence-corrected chi connectivity index (χ2v) is 7.89. The van der Waals surface area contributed by atoms with Crippen molar-refractivity contribution in [2.75, 3.05) is 0 Å². The minimum atomic E-state index is -0.547. The lowest BCUT2D eigenvalue weighted by Gasteiger charge is -2.33. The highest BCUT2D eigenvalue weighted by Gasteiger charge is 2.33. The third kappa shape index (κ3) is 3.40. The number of rotatable bonds is 3. The lowest BCUT2D eigenvalue weighted by molar-refractivity contribution is 0.0833. The zero-order valence-electron chi connectivity index (χ0n) is 13.3. The quantitative estimate of drug-likeness (QED) is 0.519. The van der Waals surface area contributed by atoms with E-state index < -0.39 is 5.59 Å². The van der Waals surface area contributed by atoms with Crippen molar-refractivity contribution < 1.29 is 9.47 Å². The monoisotopic (exact) mass is 250 g/mol. The molecule has 0 atom stereocenters. The summed E-state index contributed by atoms with van der Waals surface area (Å²) in [6.07, 6.45) is 1.13. The van der Waals surface area contributed by atoms with Crippen LogP contribution in [0.4, 0.5) is 0 Å². The summed E-state index contributed by atoms with van der Waals surface area (Å²) in [5, 5.41) is 0.433. The molecule has 1 aliphatic heterocycles. The van der Waals surface area contributed by atoms with Crippen molar-refractivity contribution >= 4 is 47.1 Å². The Hall–Kier alpha value is -0.790. The highest BCUT2D eigenvalue weighted by atomic mass is 16.7. The molecule has 0 bridgehead atoms. The van der Waals surface area contributed by atoms with Crippen LogP contribution in [0.25, 0.3) is 0 Å². The average Bonchev–Trinajstić information content (AvgIpc) is 2.46. The molecular weight excluding hydrogens is 229 g/mol. The minimum absolute atomic E-state index is 0.128. The van der Waals surface area contributed by atoms with Crippen LogP contribution >= 0.6 is 0 Å². The van der Waals surface area contributed by atoms with Crippen molar-refractivity contribution in [2.45, 2.75) is 29.4 Å². The molecule has 0 unspecified atom stereocenters. The topological polar surface area (TPSA) is 18.5 Å². The standard InChI is InChI=1S/C11H20B6O2/c1-9(12,13)5-10(14,15)6-2-3-7-8(4-6)19-11(16,17)18-7/h2-4H,5,12-17H2,1H3. The van der Waals surface area contributed by atoms with Crippen molar-refractivity contribution in [2.24, 2.45) is 0 Å². The van der Waals surface area contributed by atoms with Crippen molar-refractivity contribution in [3.8, 4) is 11.5 Å². The lowest BCUT2D eigenvalue weighted by Crippen LogP contribution is -2.39. The van der Waals surface area contributed by atoms with Gasteiger partial charge in [0.05, 0.1) is 15.7 Å². The van der Waals surface area contributed by atoms with E-state index >= 15 is 0 Å². The van der Waals surface area contributed by atoms with E-state index in [1.807, 2.05) is 21.8 Å². The molecule has 2 rings (SSSR count). The second-order valence-electron chi connectivity index (χ2n) is 7.89. The van der Waals surface area contributed by atoms with E-state index in [2.05, 4.69) is 50.4 Å². The van der Waals surface area contributed by atoms with Gasteiger partial charge in [0.2, 0.25) is 0 Å². The molecule has 1 aromatic rings. The van der Waals surface area contributed by atoms with E-state index in [9.17, 15) is 0 Å². The zero-order valence-corrected chi connectivity index (χ0v) is 13.3. The number of hydrogen-bond donors (Lipinski definition) is 0. The molecule has 0 N–H and O–H groups in total. The molecule has 0 saturated carbocycles. The van der Waals surface area contributed by atoms with Gasteiger partial charge in [-0.1, -0.05) is 35.4 Å². The van der Waals surface area contributed by atoms with Gasteiger partial charge in [0.1, 0.15) is 15.7 Å². The predicted molar refractivity (Wildman–Crippen MR) is 96.4 cm³/mol. The molecule has 0 aromatic heterocycles. The predicted octanol–water partition coefficient (Wildman–Crippen LogP) is -3.45. The van der Waals surface area contributed by atoms with E-state index in [-0.39, 0.29) is 5.21 Å². The Bertz CT molecular complexity index is 494. The number of benzene rings is 1. The van der Waals surface area contributed by atoms with Crippen molar-refractivity contribution in [1.82, 2.24) is 0 Å². The molecule has 8 heteroatoms. The van der Waals surface area contributed by atoms with Crippen LogP contribution in [0.3, 0.4) is 0 Å². The van der Waals surface area contributed by atoms with Gasteiger partial charge >= 0.3 is 0 Å². The molecular formula is C11H20B6O2. The Kier molecular flexibility index (Phi) is 3.35. The molecule has 0 radical (unpaired) electrons. The van der Waals surface area contributed by atoms with Crippen LogP contribution in [0.1, 0.15) is 18.9 Å². The SMILES string of the molecule is BC(B)(C)CC(B)(B)c1ccc2c(c1)OC(B)(B)O2. The van der Waals surface area contributed by atoms with E-state index in [1.54, 1.807) is 0 Å². The highest BCUT2D eigenvalue weighted by Crippen LogP contribution is 2.41. The van der Waals surface area contributed by atoms with Gasteiger partial charge in [-0.2, -0.15) is 0 Å². The Morgan fingerprint density at radius 2 is 1.63 bits per heavy atom. The van der Waals surface area contributed by atoms with Gasteiger partial charge in [0.25, 0.3) is 0 Å². The number of ether oxygens (including phenoxy) is 2. The summed E-state index contributed by atoms with van der Waals surface area (Å²) < 4.78 is 11.6. The smallest absolute Gasteiger partial charge is 0.197 e. The fourth-order valence-electron chi connectivity index (χ4n) is 3.07. The van der Waals surface area contributed by atoms with E-state index in [4.69, 9.17) is 9.47 Å². The van der Waals surface area contributed by atoms with Crippen LogP contribution in [0, 0.1) is 0 Å². The second kappa shape index (κ2) is 4.36. The normalized spacial score (nSPS) is 17.3. The van der Waals surface area contributed by atoms with Crippen LogP contribution in [0.5, 0.6) is 11.5 Å². The third-order valence-electron chi connectivity index (χ3n) is 3.41. The molecule has 0 fully saturated rings. The molecule has 1 heterocycles. The molecule has 0 saturated heterocycles. The molecule has 19 heavy (non-hydrogen) atoms. The van der Waals surface area contributed by atoms with E-state index in [0.29, 0.717) is 5.21 Å². The Morgan fingerprint density at radius 3 is 2.21 bits per heavy atom. The average molecular weight is 249 g/mol. The Morgan fingerprint density at radius 1 is 1.05 bits per heavy atom. The molecule has 94 valence electrons. The molecule has 1 aliphatic rings. The van der Waals surface area contributed by atoms with Gasteiger partial charge < -0.3 is 9.47 Å². The molecule has 1 aromatic carbocycles. The van der Waals surface area contributed by atoms with Crippen LogP contribution < -0.4 is 9.47 Å². The molecule has 0 aliphatic carbocycles. The van der Waals surface area contributed by atoms with Crippen LogP contribution in [0.2, 0.25) is 5.21 Å². The van der Waals surface area contributed by atoms with Crippen LogP contribution in [-0.2, 0) is 5.21 Å². The maximum atomic E-state index is 5.84. The molecule has 0 amide bonds. The molecule has 0 spiro atoms. The fourth-order valence-corrected chi connectivity index (χ4v) is 3.07. The summed E-state index contributed by atoms with van der Waals surface area (Å²) in [4.78, 5) is 0. The summed E-state index contributed by atoms with van der Waals surface area (Å²) >= 11 is 0. The maximum Gasteiger partial charge on any atom is 0.197 e. The summed E-state index contributed by atoms with van der Waals surface area (Å²) in [7, 11) is 13.0. The summed E-state index contributed by atoms with van der Waals surface area (Å²) in [6.45, 7) is 2.28. The summed E-state index contributed by atoms with van der Waals surface area (Å²) in [5.41, 5.74) is 0.761. The first-order chi connectivity index (χ1) is 8.49. The van der Waals surface area contributed by atoms with Crippen LogP contribution in [-0.4, -0.2) is 52.7 Å². The van der Waals surface area contributed by atoms with Gasteiger partial charge in [-0.05, 0) is 12.1 Å². The van der Waals surface area contributed by atoms with Gasteiger partial charge in [0.15, 0.2) is 32.8 Å². The molecule has 2 nitrogen and oxygen atoms in total.